The predicted octanol–water partition coefficient (Wildman–Crippen LogP) is 2.34. The molecule has 0 atom stereocenters. The summed E-state index contributed by atoms with van der Waals surface area (Å²) < 4.78 is 30.0. The van der Waals surface area contributed by atoms with Crippen LogP contribution in [-0.2, 0) is 14.8 Å². The van der Waals surface area contributed by atoms with Crippen LogP contribution in [0.2, 0.25) is 0 Å². The Morgan fingerprint density at radius 1 is 1.18 bits per heavy atom. The van der Waals surface area contributed by atoms with Gasteiger partial charge < -0.3 is 9.47 Å². The van der Waals surface area contributed by atoms with Crippen molar-refractivity contribution in [1.82, 2.24) is 19.2 Å². The minimum Gasteiger partial charge on any atom is -0.343 e. The number of piperidine rings is 1. The predicted molar refractivity (Wildman–Crippen MR) is 108 cm³/mol. The van der Waals surface area contributed by atoms with Crippen molar-refractivity contribution in [2.24, 2.45) is 0 Å². The molecule has 0 aliphatic carbocycles. The molecule has 2 aromatic rings. The van der Waals surface area contributed by atoms with Gasteiger partial charge in [-0.05, 0) is 44.7 Å². The molecule has 0 saturated carbocycles. The van der Waals surface area contributed by atoms with Gasteiger partial charge in [0, 0.05) is 44.5 Å². The highest BCUT2D eigenvalue weighted by Crippen LogP contribution is 2.23. The standard InChI is InChI=1S/C20H28N4O3S/c1-15-12-16(2)20(17(3)13-15)28(26,27)22-7-4-19(25)23-9-5-18(6-10-23)24-11-8-21-14-24/h8,11-14,18,22H,4-7,9-10H2,1-3H3. The molecular weight excluding hydrogens is 376 g/mol. The lowest BCUT2D eigenvalue weighted by molar-refractivity contribution is -0.132. The van der Waals surface area contributed by atoms with Crippen LogP contribution in [0.4, 0.5) is 0 Å². The highest BCUT2D eigenvalue weighted by atomic mass is 32.2. The zero-order chi connectivity index (χ0) is 20.3. The number of likely N-dealkylation sites (tertiary alicyclic amines) is 1. The number of nitrogens with one attached hydrogen (secondary N) is 1. The molecule has 2 heterocycles. The summed E-state index contributed by atoms with van der Waals surface area (Å²) in [5, 5.41) is 0. The fourth-order valence-electron chi connectivity index (χ4n) is 4.01. The lowest BCUT2D eigenvalue weighted by atomic mass is 10.0. The van der Waals surface area contributed by atoms with Crippen LogP contribution in [0.5, 0.6) is 0 Å². The van der Waals surface area contributed by atoms with Crippen LogP contribution in [0.3, 0.4) is 0 Å². The Hall–Kier alpha value is -2.19. The first-order valence-corrected chi connectivity index (χ1v) is 11.1. The van der Waals surface area contributed by atoms with Crippen molar-refractivity contribution >= 4 is 15.9 Å². The summed E-state index contributed by atoms with van der Waals surface area (Å²) in [5.74, 6) is -0.0101. The number of hydrogen-bond acceptors (Lipinski definition) is 4. The molecule has 0 bridgehead atoms. The topological polar surface area (TPSA) is 84.3 Å². The Morgan fingerprint density at radius 3 is 2.39 bits per heavy atom. The number of nitrogens with zero attached hydrogens (tertiary/aromatic N) is 3. The quantitative estimate of drug-likeness (QED) is 0.801. The van der Waals surface area contributed by atoms with E-state index in [1.54, 1.807) is 20.0 Å². The molecule has 8 heteroatoms. The van der Waals surface area contributed by atoms with Crippen LogP contribution in [-0.4, -0.2) is 48.4 Å². The molecule has 1 saturated heterocycles. The second-order valence-corrected chi connectivity index (χ2v) is 9.20. The van der Waals surface area contributed by atoms with Crippen molar-refractivity contribution in [3.8, 4) is 0 Å². The largest absolute Gasteiger partial charge is 0.343 e. The molecule has 0 radical (unpaired) electrons. The maximum Gasteiger partial charge on any atom is 0.241 e. The molecule has 1 amide bonds. The molecular formula is C20H28N4O3S. The molecule has 7 nitrogen and oxygen atoms in total. The number of benzene rings is 1. The number of amides is 1. The minimum atomic E-state index is -3.63. The first-order chi connectivity index (χ1) is 13.3. The number of aromatic nitrogens is 2. The third-order valence-corrected chi connectivity index (χ3v) is 7.03. The SMILES string of the molecule is Cc1cc(C)c(S(=O)(=O)NCCC(=O)N2CCC(n3ccnc3)CC2)c(C)c1. The van der Waals surface area contributed by atoms with Crippen LogP contribution in [0, 0.1) is 20.8 Å². The van der Waals surface area contributed by atoms with Gasteiger partial charge in [0.15, 0.2) is 0 Å². The van der Waals surface area contributed by atoms with Crippen molar-refractivity contribution in [2.45, 2.75) is 51.0 Å². The van der Waals surface area contributed by atoms with Gasteiger partial charge in [-0.15, -0.1) is 0 Å². The van der Waals surface area contributed by atoms with Crippen molar-refractivity contribution in [2.75, 3.05) is 19.6 Å². The Labute approximate surface area is 166 Å². The first kappa shape index (κ1) is 20.5. The maximum absolute atomic E-state index is 12.7. The van der Waals surface area contributed by atoms with Gasteiger partial charge in [0.25, 0.3) is 0 Å². The van der Waals surface area contributed by atoms with Crippen molar-refractivity contribution < 1.29 is 13.2 Å². The van der Waals surface area contributed by atoms with Crippen LogP contribution in [0.15, 0.2) is 35.7 Å². The highest BCUT2D eigenvalue weighted by Gasteiger charge is 2.24. The average Bonchev–Trinajstić information content (AvgIpc) is 3.15. The van der Waals surface area contributed by atoms with Crippen LogP contribution in [0.25, 0.3) is 0 Å². The third kappa shape index (κ3) is 4.62. The van der Waals surface area contributed by atoms with E-state index >= 15 is 0 Å². The summed E-state index contributed by atoms with van der Waals surface area (Å²) in [6.45, 7) is 7.01. The van der Waals surface area contributed by atoms with E-state index in [9.17, 15) is 13.2 Å². The summed E-state index contributed by atoms with van der Waals surface area (Å²) in [4.78, 5) is 18.7. The van der Waals surface area contributed by atoms with Gasteiger partial charge in [0.2, 0.25) is 15.9 Å². The van der Waals surface area contributed by atoms with E-state index in [4.69, 9.17) is 0 Å². The molecule has 1 aliphatic heterocycles. The second-order valence-electron chi connectivity index (χ2n) is 7.50. The monoisotopic (exact) mass is 404 g/mol. The number of carbonyl (C=O) groups excluding carboxylic acids is 1. The fourth-order valence-corrected chi connectivity index (χ4v) is 5.49. The number of hydrogen-bond donors (Lipinski definition) is 1. The summed E-state index contributed by atoms with van der Waals surface area (Å²) in [6.07, 6.45) is 7.46. The lowest BCUT2D eigenvalue weighted by Crippen LogP contribution is -2.40. The van der Waals surface area contributed by atoms with Crippen LogP contribution < -0.4 is 4.72 Å². The molecule has 0 unspecified atom stereocenters. The molecule has 28 heavy (non-hydrogen) atoms. The highest BCUT2D eigenvalue weighted by molar-refractivity contribution is 7.89. The molecule has 152 valence electrons. The summed E-state index contributed by atoms with van der Waals surface area (Å²) in [5.41, 5.74) is 2.47. The Kier molecular flexibility index (Phi) is 6.20. The number of rotatable bonds is 6. The summed E-state index contributed by atoms with van der Waals surface area (Å²) >= 11 is 0. The van der Waals surface area contributed by atoms with Gasteiger partial charge in [-0.25, -0.2) is 18.1 Å². The zero-order valence-corrected chi connectivity index (χ0v) is 17.5. The molecule has 1 N–H and O–H groups in total. The van der Waals surface area contributed by atoms with Gasteiger partial charge in [0.05, 0.1) is 11.2 Å². The zero-order valence-electron chi connectivity index (χ0n) is 16.7. The first-order valence-electron chi connectivity index (χ1n) is 9.60. The summed E-state index contributed by atoms with van der Waals surface area (Å²) in [6, 6.07) is 4.09. The van der Waals surface area contributed by atoms with Gasteiger partial charge in [-0.3, -0.25) is 4.79 Å². The maximum atomic E-state index is 12.7. The fraction of sp³-hybridized carbons (Fsp3) is 0.500. The van der Waals surface area contributed by atoms with Gasteiger partial charge >= 0.3 is 0 Å². The minimum absolute atomic E-state index is 0.0101. The van der Waals surface area contributed by atoms with E-state index in [-0.39, 0.29) is 18.9 Å². The normalized spacial score (nSPS) is 15.8. The van der Waals surface area contributed by atoms with Gasteiger partial charge in [-0.2, -0.15) is 0 Å². The van der Waals surface area contributed by atoms with E-state index in [2.05, 4.69) is 14.3 Å². The molecule has 0 spiro atoms. The van der Waals surface area contributed by atoms with Crippen LogP contribution in [0.1, 0.15) is 42.0 Å². The van der Waals surface area contributed by atoms with Crippen molar-refractivity contribution in [1.29, 1.82) is 0 Å². The van der Waals surface area contributed by atoms with Crippen LogP contribution >= 0.6 is 0 Å². The number of sulfonamides is 1. The van der Waals surface area contributed by atoms with E-state index in [0.717, 1.165) is 29.5 Å². The molecule has 1 aromatic carbocycles. The molecule has 1 aromatic heterocycles. The van der Waals surface area contributed by atoms with Gasteiger partial charge in [-0.1, -0.05) is 17.7 Å². The molecule has 1 fully saturated rings. The average molecular weight is 405 g/mol. The third-order valence-electron chi connectivity index (χ3n) is 5.27. The number of carbonyl (C=O) groups is 1. The van der Waals surface area contributed by atoms with Gasteiger partial charge in [0.1, 0.15) is 0 Å². The van der Waals surface area contributed by atoms with E-state index in [1.165, 1.54) is 0 Å². The van der Waals surface area contributed by atoms with Crippen molar-refractivity contribution in [3.63, 3.8) is 0 Å². The Balaban J connectivity index is 1.52. The number of aryl methyl sites for hydroxylation is 3. The smallest absolute Gasteiger partial charge is 0.241 e. The summed E-state index contributed by atoms with van der Waals surface area (Å²) in [7, 11) is -3.63. The number of imidazole rings is 1. The lowest BCUT2D eigenvalue weighted by Gasteiger charge is -2.32. The van der Waals surface area contributed by atoms with Crippen molar-refractivity contribution in [3.05, 3.63) is 47.5 Å². The van der Waals surface area contributed by atoms with E-state index < -0.39 is 10.0 Å². The molecule has 3 rings (SSSR count). The van der Waals surface area contributed by atoms with E-state index in [0.29, 0.717) is 24.0 Å². The Bertz CT molecular complexity index is 907. The van der Waals surface area contributed by atoms with E-state index in [1.807, 2.05) is 36.5 Å². The second kappa shape index (κ2) is 8.45. The Morgan fingerprint density at radius 2 is 1.82 bits per heavy atom. The molecule has 1 aliphatic rings.